The van der Waals surface area contributed by atoms with Gasteiger partial charge in [0.2, 0.25) is 5.88 Å². The summed E-state index contributed by atoms with van der Waals surface area (Å²) in [5.74, 6) is 0.281. The van der Waals surface area contributed by atoms with E-state index in [0.717, 1.165) is 36.8 Å². The third kappa shape index (κ3) is 4.20. The maximum absolute atomic E-state index is 11.5. The molecule has 1 aromatic carbocycles. The van der Waals surface area contributed by atoms with E-state index in [1.54, 1.807) is 24.4 Å². The van der Waals surface area contributed by atoms with Crippen molar-refractivity contribution in [2.24, 2.45) is 5.92 Å². The predicted molar refractivity (Wildman–Crippen MR) is 93.5 cm³/mol. The number of benzene rings is 1. The summed E-state index contributed by atoms with van der Waals surface area (Å²) in [6.07, 6.45) is 3.47. The van der Waals surface area contributed by atoms with Crippen LogP contribution in [0.1, 0.15) is 37.0 Å². The Morgan fingerprint density at radius 3 is 2.80 bits per heavy atom. The normalized spacial score (nSPS) is 15.5. The molecule has 134 valence electrons. The molecule has 1 aliphatic heterocycles. The highest BCUT2D eigenvalue weighted by Crippen LogP contribution is 2.32. The summed E-state index contributed by atoms with van der Waals surface area (Å²) in [5.41, 5.74) is 0.141. The van der Waals surface area contributed by atoms with Gasteiger partial charge in [-0.15, -0.1) is 0 Å². The second-order valence-electron chi connectivity index (χ2n) is 6.52. The van der Waals surface area contributed by atoms with Gasteiger partial charge in [0.15, 0.2) is 0 Å². The number of fused-ring (bicyclic) bond motifs is 1. The van der Waals surface area contributed by atoms with Gasteiger partial charge in [0.05, 0.1) is 12.7 Å². The molecule has 0 spiro atoms. The van der Waals surface area contributed by atoms with E-state index in [9.17, 15) is 9.90 Å². The van der Waals surface area contributed by atoms with Gasteiger partial charge < -0.3 is 19.3 Å². The second-order valence-corrected chi connectivity index (χ2v) is 6.52. The largest absolute Gasteiger partial charge is 0.490 e. The lowest BCUT2D eigenvalue weighted by Gasteiger charge is -2.22. The minimum absolute atomic E-state index is 0.126. The number of carboxylic acid groups (broad SMARTS) is 1. The van der Waals surface area contributed by atoms with Gasteiger partial charge in [0.25, 0.3) is 0 Å². The van der Waals surface area contributed by atoms with Crippen molar-refractivity contribution in [1.82, 2.24) is 4.98 Å². The molecular formula is C19H23NO5. The van der Waals surface area contributed by atoms with Crippen molar-refractivity contribution >= 4 is 16.7 Å². The van der Waals surface area contributed by atoms with E-state index in [1.165, 1.54) is 0 Å². The number of rotatable bonds is 6. The maximum Gasteiger partial charge on any atom is 0.339 e. The first-order valence-electron chi connectivity index (χ1n) is 8.58. The first kappa shape index (κ1) is 17.5. The Kier molecular flexibility index (Phi) is 5.38. The molecule has 6 nitrogen and oxygen atoms in total. The van der Waals surface area contributed by atoms with Crippen LogP contribution in [0, 0.1) is 5.92 Å². The third-order valence-electron chi connectivity index (χ3n) is 4.22. The molecule has 2 aromatic rings. The zero-order valence-electron chi connectivity index (χ0n) is 14.5. The molecule has 0 amide bonds. The minimum atomic E-state index is -1.01. The number of pyridine rings is 1. The molecule has 0 unspecified atom stereocenters. The molecule has 3 rings (SSSR count). The van der Waals surface area contributed by atoms with Gasteiger partial charge in [-0.2, -0.15) is 0 Å². The molecule has 0 radical (unpaired) electrons. The van der Waals surface area contributed by atoms with Gasteiger partial charge >= 0.3 is 5.97 Å². The van der Waals surface area contributed by atoms with Crippen molar-refractivity contribution in [2.75, 3.05) is 19.8 Å². The fourth-order valence-electron chi connectivity index (χ4n) is 2.92. The molecule has 2 heterocycles. The summed E-state index contributed by atoms with van der Waals surface area (Å²) in [7, 11) is 0. The fraction of sp³-hybridized carbons (Fsp3) is 0.474. The zero-order chi connectivity index (χ0) is 17.8. The molecule has 1 aliphatic rings. The molecule has 1 saturated heterocycles. The van der Waals surface area contributed by atoms with E-state index in [2.05, 4.69) is 4.98 Å². The number of hydrogen-bond donors (Lipinski definition) is 1. The van der Waals surface area contributed by atoms with Crippen molar-refractivity contribution in [1.29, 1.82) is 0 Å². The van der Waals surface area contributed by atoms with E-state index >= 15 is 0 Å². The lowest BCUT2D eigenvalue weighted by atomic mass is 10.0. The van der Waals surface area contributed by atoms with Crippen LogP contribution in [0.4, 0.5) is 0 Å². The SMILES string of the molecule is CC(C)Oc1cc2c(OCC3CCOCC3)nccc2cc1C(=O)O. The van der Waals surface area contributed by atoms with Crippen molar-refractivity contribution < 1.29 is 24.1 Å². The van der Waals surface area contributed by atoms with E-state index in [0.29, 0.717) is 24.2 Å². The van der Waals surface area contributed by atoms with Gasteiger partial charge in [0.1, 0.15) is 11.3 Å². The average Bonchev–Trinajstić information content (AvgIpc) is 2.59. The molecule has 0 aliphatic carbocycles. The van der Waals surface area contributed by atoms with Crippen LogP contribution in [-0.4, -0.2) is 42.0 Å². The number of aromatic carboxylic acids is 1. The number of hydrogen-bond acceptors (Lipinski definition) is 5. The highest BCUT2D eigenvalue weighted by atomic mass is 16.5. The minimum Gasteiger partial charge on any atom is -0.490 e. The van der Waals surface area contributed by atoms with Crippen molar-refractivity contribution in [3.05, 3.63) is 30.0 Å². The molecule has 0 saturated carbocycles. The standard InChI is InChI=1S/C19H23NO5/c1-12(2)25-17-10-15-14(9-16(17)19(21)22)3-6-20-18(15)24-11-13-4-7-23-8-5-13/h3,6,9-10,12-13H,4-5,7-8,11H2,1-2H3,(H,21,22). The number of aromatic nitrogens is 1. The van der Waals surface area contributed by atoms with Gasteiger partial charge in [-0.1, -0.05) is 0 Å². The van der Waals surface area contributed by atoms with E-state index in [1.807, 2.05) is 13.8 Å². The Hall–Kier alpha value is -2.34. The van der Waals surface area contributed by atoms with Crippen LogP contribution in [-0.2, 0) is 4.74 Å². The smallest absolute Gasteiger partial charge is 0.339 e. The van der Waals surface area contributed by atoms with Gasteiger partial charge in [-0.3, -0.25) is 0 Å². The Morgan fingerprint density at radius 2 is 2.12 bits per heavy atom. The molecule has 0 bridgehead atoms. The summed E-state index contributed by atoms with van der Waals surface area (Å²) < 4.78 is 17.0. The van der Waals surface area contributed by atoms with Crippen LogP contribution in [0.3, 0.4) is 0 Å². The monoisotopic (exact) mass is 345 g/mol. The quantitative estimate of drug-likeness (QED) is 0.863. The first-order chi connectivity index (χ1) is 12.0. The van der Waals surface area contributed by atoms with Crippen LogP contribution in [0.5, 0.6) is 11.6 Å². The highest BCUT2D eigenvalue weighted by Gasteiger charge is 2.18. The number of ether oxygens (including phenoxy) is 3. The first-order valence-corrected chi connectivity index (χ1v) is 8.58. The van der Waals surface area contributed by atoms with E-state index < -0.39 is 5.97 Å². The summed E-state index contributed by atoms with van der Waals surface area (Å²) in [5, 5.41) is 11.0. The zero-order valence-corrected chi connectivity index (χ0v) is 14.5. The predicted octanol–water partition coefficient (Wildman–Crippen LogP) is 3.53. The highest BCUT2D eigenvalue weighted by molar-refractivity contribution is 5.99. The van der Waals surface area contributed by atoms with E-state index in [-0.39, 0.29) is 11.7 Å². The Balaban J connectivity index is 1.91. The van der Waals surface area contributed by atoms with Gasteiger partial charge in [-0.05, 0) is 56.2 Å². The summed E-state index contributed by atoms with van der Waals surface area (Å²) in [4.78, 5) is 15.9. The lowest BCUT2D eigenvalue weighted by molar-refractivity contribution is 0.0493. The topological polar surface area (TPSA) is 77.9 Å². The van der Waals surface area contributed by atoms with Crippen LogP contribution in [0.15, 0.2) is 24.4 Å². The van der Waals surface area contributed by atoms with Crippen LogP contribution < -0.4 is 9.47 Å². The third-order valence-corrected chi connectivity index (χ3v) is 4.22. The second kappa shape index (κ2) is 7.70. The molecule has 0 atom stereocenters. The van der Waals surface area contributed by atoms with Gasteiger partial charge in [0, 0.05) is 24.8 Å². The number of carboxylic acids is 1. The molecule has 25 heavy (non-hydrogen) atoms. The number of nitrogens with zero attached hydrogens (tertiary/aromatic N) is 1. The Morgan fingerprint density at radius 1 is 1.36 bits per heavy atom. The number of carbonyl (C=O) groups is 1. The molecular weight excluding hydrogens is 322 g/mol. The summed E-state index contributed by atoms with van der Waals surface area (Å²) in [6.45, 7) is 5.84. The van der Waals surface area contributed by atoms with Crippen molar-refractivity contribution in [3.63, 3.8) is 0 Å². The van der Waals surface area contributed by atoms with E-state index in [4.69, 9.17) is 14.2 Å². The fourth-order valence-corrected chi connectivity index (χ4v) is 2.92. The average molecular weight is 345 g/mol. The molecule has 1 N–H and O–H groups in total. The maximum atomic E-state index is 11.5. The van der Waals surface area contributed by atoms with Crippen molar-refractivity contribution in [3.8, 4) is 11.6 Å². The van der Waals surface area contributed by atoms with Crippen LogP contribution in [0.2, 0.25) is 0 Å². The Bertz CT molecular complexity index is 753. The van der Waals surface area contributed by atoms with Crippen LogP contribution in [0.25, 0.3) is 10.8 Å². The molecule has 1 aromatic heterocycles. The summed E-state index contributed by atoms with van der Waals surface area (Å²) in [6, 6.07) is 5.10. The van der Waals surface area contributed by atoms with Crippen LogP contribution >= 0.6 is 0 Å². The van der Waals surface area contributed by atoms with Crippen molar-refractivity contribution in [2.45, 2.75) is 32.8 Å². The molecule has 1 fully saturated rings. The summed E-state index contributed by atoms with van der Waals surface area (Å²) >= 11 is 0. The lowest BCUT2D eigenvalue weighted by Crippen LogP contribution is -2.21. The Labute approximate surface area is 146 Å². The van der Waals surface area contributed by atoms with Gasteiger partial charge in [-0.25, -0.2) is 9.78 Å². The molecule has 6 heteroatoms.